The van der Waals surface area contributed by atoms with Gasteiger partial charge in [-0.2, -0.15) is 0 Å². The number of nitrogens with one attached hydrogen (secondary N) is 1. The van der Waals surface area contributed by atoms with Gasteiger partial charge in [-0.25, -0.2) is 4.79 Å². The average molecular weight is 243 g/mol. The Morgan fingerprint density at radius 2 is 1.89 bits per heavy atom. The van der Waals surface area contributed by atoms with Gasteiger partial charge in [0.1, 0.15) is 5.75 Å². The normalized spacial score (nSPS) is 9.00. The van der Waals surface area contributed by atoms with Crippen LogP contribution in [0.4, 0.5) is 4.79 Å². The van der Waals surface area contributed by atoms with Crippen molar-refractivity contribution in [2.45, 2.75) is 6.42 Å². The van der Waals surface area contributed by atoms with E-state index in [0.717, 1.165) is 0 Å². The molecule has 1 aromatic rings. The second-order valence-electron chi connectivity index (χ2n) is 3.47. The smallest absolute Gasteiger partial charge is 0.404 e. The van der Waals surface area contributed by atoms with E-state index >= 15 is 0 Å². The van der Waals surface area contributed by atoms with Crippen LogP contribution < -0.4 is 10.1 Å². The summed E-state index contributed by atoms with van der Waals surface area (Å²) in [6.45, 7) is 0.727. The maximum atomic E-state index is 10.2. The van der Waals surface area contributed by atoms with Crippen molar-refractivity contribution < 1.29 is 14.6 Å². The highest BCUT2D eigenvalue weighted by atomic mass is 16.5. The summed E-state index contributed by atoms with van der Waals surface area (Å²) in [5.74, 6) is 5.58. The van der Waals surface area contributed by atoms with E-state index in [4.69, 9.17) is 22.7 Å². The second-order valence-corrected chi connectivity index (χ2v) is 3.47. The van der Waals surface area contributed by atoms with Gasteiger partial charge in [-0.1, -0.05) is 11.8 Å². The molecule has 0 unspecified atom stereocenters. The zero-order valence-corrected chi connectivity index (χ0v) is 9.77. The van der Waals surface area contributed by atoms with Gasteiger partial charge in [0.2, 0.25) is 0 Å². The minimum absolute atomic E-state index is 0.339. The SMILES string of the molecule is C#Cc1cc(C#C)cc(OCCCNC(=O)O)c1. The van der Waals surface area contributed by atoms with E-state index in [-0.39, 0.29) is 0 Å². The topological polar surface area (TPSA) is 58.6 Å². The van der Waals surface area contributed by atoms with Crippen LogP contribution in [0.3, 0.4) is 0 Å². The monoisotopic (exact) mass is 243 g/mol. The van der Waals surface area contributed by atoms with Crippen LogP contribution in [-0.2, 0) is 0 Å². The number of carbonyl (C=O) groups is 1. The fourth-order valence-electron chi connectivity index (χ4n) is 1.31. The predicted octanol–water partition coefficient (Wildman–Crippen LogP) is 1.69. The van der Waals surface area contributed by atoms with E-state index < -0.39 is 6.09 Å². The van der Waals surface area contributed by atoms with Crippen LogP contribution in [0.25, 0.3) is 0 Å². The molecule has 2 N–H and O–H groups in total. The van der Waals surface area contributed by atoms with Gasteiger partial charge in [-0.05, 0) is 24.6 Å². The zero-order valence-electron chi connectivity index (χ0n) is 9.77. The van der Waals surface area contributed by atoms with E-state index in [2.05, 4.69) is 17.2 Å². The molecule has 1 amide bonds. The summed E-state index contributed by atoms with van der Waals surface area (Å²) < 4.78 is 5.45. The van der Waals surface area contributed by atoms with Gasteiger partial charge in [-0.3, -0.25) is 0 Å². The third-order valence-corrected chi connectivity index (χ3v) is 2.11. The number of hydrogen-bond acceptors (Lipinski definition) is 2. The predicted molar refractivity (Wildman–Crippen MR) is 68.5 cm³/mol. The van der Waals surface area contributed by atoms with Crippen LogP contribution in [0.1, 0.15) is 17.5 Å². The Bertz CT molecular complexity index is 477. The molecule has 0 atom stereocenters. The summed E-state index contributed by atoms with van der Waals surface area (Å²) in [7, 11) is 0. The van der Waals surface area contributed by atoms with Crippen LogP contribution in [0.5, 0.6) is 5.75 Å². The molecule has 0 heterocycles. The highest BCUT2D eigenvalue weighted by molar-refractivity contribution is 5.64. The summed E-state index contributed by atoms with van der Waals surface area (Å²) in [5.41, 5.74) is 1.31. The number of hydrogen-bond donors (Lipinski definition) is 2. The summed E-state index contributed by atoms with van der Waals surface area (Å²) in [4.78, 5) is 10.2. The molecule has 0 bridgehead atoms. The first kappa shape index (κ1) is 13.5. The summed E-state index contributed by atoms with van der Waals surface area (Å²) in [6.07, 6.45) is 10.1. The van der Waals surface area contributed by atoms with Crippen molar-refractivity contribution in [3.8, 4) is 30.4 Å². The molecular formula is C14H13NO3. The Morgan fingerprint density at radius 3 is 2.39 bits per heavy atom. The molecule has 4 nitrogen and oxygen atoms in total. The first-order chi connectivity index (χ1) is 8.65. The van der Waals surface area contributed by atoms with Crippen molar-refractivity contribution in [2.24, 2.45) is 0 Å². The Balaban J connectivity index is 2.50. The Hall–Kier alpha value is -2.59. The third kappa shape index (κ3) is 4.51. The maximum Gasteiger partial charge on any atom is 0.404 e. The molecule has 0 saturated carbocycles. The van der Waals surface area contributed by atoms with Crippen LogP contribution >= 0.6 is 0 Å². The highest BCUT2D eigenvalue weighted by Gasteiger charge is 2.00. The van der Waals surface area contributed by atoms with Gasteiger partial charge in [0, 0.05) is 17.7 Å². The first-order valence-electron chi connectivity index (χ1n) is 5.33. The number of rotatable bonds is 5. The standard InChI is InChI=1S/C14H13NO3/c1-3-11-8-12(4-2)10-13(9-11)18-7-5-6-15-14(16)17/h1-2,8-10,15H,5-7H2,(H,16,17). The Labute approximate surface area is 106 Å². The molecule has 0 aliphatic heterocycles. The van der Waals surface area contributed by atoms with Crippen LogP contribution in [0, 0.1) is 24.7 Å². The number of benzene rings is 1. The van der Waals surface area contributed by atoms with Crippen LogP contribution in [-0.4, -0.2) is 24.4 Å². The second kappa shape index (κ2) is 6.88. The van der Waals surface area contributed by atoms with E-state index in [1.165, 1.54) is 0 Å². The highest BCUT2D eigenvalue weighted by Crippen LogP contribution is 2.16. The molecule has 0 spiro atoms. The molecule has 0 aliphatic rings. The van der Waals surface area contributed by atoms with Crippen molar-refractivity contribution >= 4 is 6.09 Å². The lowest BCUT2D eigenvalue weighted by Gasteiger charge is -2.07. The number of carboxylic acid groups (broad SMARTS) is 1. The molecule has 1 rings (SSSR count). The number of terminal acetylenes is 2. The average Bonchev–Trinajstić information content (AvgIpc) is 2.37. The van der Waals surface area contributed by atoms with Crippen molar-refractivity contribution in [3.05, 3.63) is 29.3 Å². The van der Waals surface area contributed by atoms with Gasteiger partial charge in [-0.15, -0.1) is 12.8 Å². The molecule has 18 heavy (non-hydrogen) atoms. The summed E-state index contributed by atoms with van der Waals surface area (Å²) >= 11 is 0. The van der Waals surface area contributed by atoms with Crippen LogP contribution in [0.2, 0.25) is 0 Å². The molecule has 4 heteroatoms. The molecule has 0 saturated heterocycles. The Kier molecular flexibility index (Phi) is 5.15. The van der Waals surface area contributed by atoms with Crippen molar-refractivity contribution in [2.75, 3.05) is 13.2 Å². The molecule has 0 radical (unpaired) electrons. The zero-order chi connectivity index (χ0) is 13.4. The van der Waals surface area contributed by atoms with E-state index in [1.54, 1.807) is 18.2 Å². The van der Waals surface area contributed by atoms with Gasteiger partial charge < -0.3 is 15.2 Å². The van der Waals surface area contributed by atoms with Crippen molar-refractivity contribution in [3.63, 3.8) is 0 Å². The molecule has 92 valence electrons. The molecular weight excluding hydrogens is 230 g/mol. The van der Waals surface area contributed by atoms with E-state index in [9.17, 15) is 4.79 Å². The molecule has 0 fully saturated rings. The van der Waals surface area contributed by atoms with E-state index in [0.29, 0.717) is 36.4 Å². The Morgan fingerprint density at radius 1 is 1.28 bits per heavy atom. The van der Waals surface area contributed by atoms with Gasteiger partial charge in [0.15, 0.2) is 0 Å². The van der Waals surface area contributed by atoms with Crippen LogP contribution in [0.15, 0.2) is 18.2 Å². The van der Waals surface area contributed by atoms with Gasteiger partial charge in [0.25, 0.3) is 0 Å². The lowest BCUT2D eigenvalue weighted by atomic mass is 10.1. The lowest BCUT2D eigenvalue weighted by molar-refractivity contribution is 0.193. The van der Waals surface area contributed by atoms with Gasteiger partial charge >= 0.3 is 6.09 Å². The van der Waals surface area contributed by atoms with Gasteiger partial charge in [0.05, 0.1) is 6.61 Å². The number of amides is 1. The molecule has 0 aromatic heterocycles. The third-order valence-electron chi connectivity index (χ3n) is 2.11. The minimum atomic E-state index is -1.04. The van der Waals surface area contributed by atoms with Crippen molar-refractivity contribution in [1.29, 1.82) is 0 Å². The fourth-order valence-corrected chi connectivity index (χ4v) is 1.31. The van der Waals surface area contributed by atoms with E-state index in [1.807, 2.05) is 0 Å². The summed E-state index contributed by atoms with van der Waals surface area (Å²) in [6, 6.07) is 5.15. The summed E-state index contributed by atoms with van der Waals surface area (Å²) in [5, 5.41) is 10.6. The lowest BCUT2D eigenvalue weighted by Crippen LogP contribution is -2.23. The largest absolute Gasteiger partial charge is 0.493 e. The quantitative estimate of drug-likeness (QED) is 0.611. The number of ether oxygens (including phenoxy) is 1. The van der Waals surface area contributed by atoms with Crippen molar-refractivity contribution in [1.82, 2.24) is 5.32 Å². The maximum absolute atomic E-state index is 10.2. The molecule has 0 aliphatic carbocycles. The first-order valence-corrected chi connectivity index (χ1v) is 5.33. The molecule has 1 aromatic carbocycles. The minimum Gasteiger partial charge on any atom is -0.493 e. The fraction of sp³-hybridized carbons (Fsp3) is 0.214.